The van der Waals surface area contributed by atoms with Crippen LogP contribution in [0.25, 0.3) is 0 Å². The maximum absolute atomic E-state index is 5.41. The van der Waals surface area contributed by atoms with E-state index in [-0.39, 0.29) is 5.41 Å². The van der Waals surface area contributed by atoms with Crippen LogP contribution < -0.4 is 0 Å². The van der Waals surface area contributed by atoms with Gasteiger partial charge in [0.2, 0.25) is 0 Å². The predicted octanol–water partition coefficient (Wildman–Crippen LogP) is 3.73. The Kier molecular flexibility index (Phi) is 7.89. The van der Waals surface area contributed by atoms with Gasteiger partial charge >= 0.3 is 0 Å². The molecular weight excluding hydrogens is 318 g/mol. The van der Waals surface area contributed by atoms with Crippen molar-refractivity contribution in [1.82, 2.24) is 0 Å². The third kappa shape index (κ3) is 6.15. The van der Waals surface area contributed by atoms with Crippen LogP contribution in [0.2, 0.25) is 0 Å². The molecule has 0 aromatic rings. The summed E-state index contributed by atoms with van der Waals surface area (Å²) in [7, 11) is 0. The second kappa shape index (κ2) is 7.32. The number of ether oxygens (including phenoxy) is 1. The molecule has 0 rings (SSSR count). The molecule has 0 fully saturated rings. The van der Waals surface area contributed by atoms with E-state index in [1.54, 1.807) is 0 Å². The fourth-order valence-electron chi connectivity index (χ4n) is 0.554. The Morgan fingerprint density at radius 2 is 2.08 bits per heavy atom. The van der Waals surface area contributed by atoms with Crippen LogP contribution in [0.3, 0.4) is 0 Å². The molecule has 13 heavy (non-hydrogen) atoms. The van der Waals surface area contributed by atoms with Gasteiger partial charge in [0.25, 0.3) is 0 Å². The smallest absolute Gasteiger partial charge is 0.165 e. The summed E-state index contributed by atoms with van der Waals surface area (Å²) in [5.74, 6) is 0. The molecule has 0 spiro atoms. The van der Waals surface area contributed by atoms with E-state index in [9.17, 15) is 0 Å². The number of hydrogen-bond donors (Lipinski definition) is 0. The minimum Gasteiger partial charge on any atom is -0.484 e. The molecule has 2 nitrogen and oxygen atoms in total. The number of rotatable bonds is 6. The van der Waals surface area contributed by atoms with Gasteiger partial charge in [-0.25, -0.2) is 0 Å². The molecule has 1 atom stereocenters. The largest absolute Gasteiger partial charge is 0.484 e. The first-order valence-electron chi connectivity index (χ1n) is 4.19. The van der Waals surface area contributed by atoms with Crippen LogP contribution >= 0.6 is 40.7 Å². The van der Waals surface area contributed by atoms with Crippen LogP contribution in [-0.4, -0.2) is 18.3 Å². The van der Waals surface area contributed by atoms with Crippen molar-refractivity contribution in [3.63, 3.8) is 0 Å². The van der Waals surface area contributed by atoms with Gasteiger partial charge in [-0.05, 0) is 40.7 Å². The number of thiocarbonyl (C=S) groups is 1. The zero-order chi connectivity index (χ0) is 10.3. The van der Waals surface area contributed by atoms with Crippen molar-refractivity contribution in [2.45, 2.75) is 27.2 Å². The van der Waals surface area contributed by atoms with Crippen LogP contribution in [0, 0.1) is 5.41 Å². The van der Waals surface area contributed by atoms with E-state index >= 15 is 0 Å². The quantitative estimate of drug-likeness (QED) is 0.319. The lowest BCUT2D eigenvalue weighted by atomic mass is 9.91. The average Bonchev–Trinajstić information content (AvgIpc) is 2.12. The maximum atomic E-state index is 5.41. The molecule has 0 heterocycles. The highest BCUT2D eigenvalue weighted by Gasteiger charge is 2.22. The lowest BCUT2D eigenvalue weighted by Crippen LogP contribution is -2.25. The molecule has 0 saturated carbocycles. The SMILES string of the molecule is CCC(C)(C)C(=S)OCCOPI. The van der Waals surface area contributed by atoms with Crippen LogP contribution in [0.5, 0.6) is 0 Å². The average molecular weight is 334 g/mol. The van der Waals surface area contributed by atoms with Gasteiger partial charge in [0.05, 0.1) is 13.1 Å². The summed E-state index contributed by atoms with van der Waals surface area (Å²) in [5.41, 5.74) is 0.00193. The van der Waals surface area contributed by atoms with E-state index < -0.39 is 0 Å². The van der Waals surface area contributed by atoms with Crippen molar-refractivity contribution in [2.24, 2.45) is 5.41 Å². The first kappa shape index (κ1) is 14.0. The van der Waals surface area contributed by atoms with Gasteiger partial charge in [0, 0.05) is 5.41 Å². The summed E-state index contributed by atoms with van der Waals surface area (Å²) >= 11 is 7.35. The minimum absolute atomic E-state index is 0.00193. The molecule has 0 bridgehead atoms. The Morgan fingerprint density at radius 1 is 1.46 bits per heavy atom. The molecule has 0 amide bonds. The van der Waals surface area contributed by atoms with Crippen molar-refractivity contribution in [2.75, 3.05) is 13.2 Å². The summed E-state index contributed by atoms with van der Waals surface area (Å²) in [4.78, 5) is 0. The molecule has 0 aliphatic rings. The first-order chi connectivity index (χ1) is 6.04. The van der Waals surface area contributed by atoms with Gasteiger partial charge in [0.15, 0.2) is 5.05 Å². The summed E-state index contributed by atoms with van der Waals surface area (Å²) in [6, 6.07) is 0. The Labute approximate surface area is 100 Å². The molecular formula is C8H16IO2PS. The van der Waals surface area contributed by atoms with Crippen LogP contribution in [-0.2, 0) is 9.26 Å². The van der Waals surface area contributed by atoms with Gasteiger partial charge in [-0.1, -0.05) is 20.8 Å². The van der Waals surface area contributed by atoms with E-state index in [4.69, 9.17) is 21.5 Å². The molecule has 0 aromatic carbocycles. The molecule has 0 aliphatic heterocycles. The molecule has 1 unspecified atom stereocenters. The van der Waals surface area contributed by atoms with Gasteiger partial charge in [-0.3, -0.25) is 0 Å². The zero-order valence-corrected chi connectivity index (χ0v) is 12.2. The normalized spacial score (nSPS) is 12.3. The predicted molar refractivity (Wildman–Crippen MR) is 70.9 cm³/mol. The van der Waals surface area contributed by atoms with E-state index in [1.165, 1.54) is 0 Å². The van der Waals surface area contributed by atoms with Crippen LogP contribution in [0.1, 0.15) is 27.2 Å². The van der Waals surface area contributed by atoms with Gasteiger partial charge in [-0.2, -0.15) is 0 Å². The molecule has 5 heteroatoms. The van der Waals surface area contributed by atoms with Gasteiger partial charge in [0.1, 0.15) is 6.61 Å². The highest BCUT2D eigenvalue weighted by atomic mass is 127. The second-order valence-electron chi connectivity index (χ2n) is 3.30. The maximum Gasteiger partial charge on any atom is 0.165 e. The Bertz CT molecular complexity index is 164. The minimum atomic E-state index is 0.00193. The van der Waals surface area contributed by atoms with Crippen molar-refractivity contribution < 1.29 is 9.26 Å². The van der Waals surface area contributed by atoms with E-state index in [2.05, 4.69) is 42.8 Å². The van der Waals surface area contributed by atoms with Gasteiger partial charge < -0.3 is 9.26 Å². The fraction of sp³-hybridized carbons (Fsp3) is 0.875. The molecule has 78 valence electrons. The standard InChI is InChI=1S/C8H16IO2PS/c1-4-8(2,3)7(13)10-5-6-11-12-9/h12H,4-6H2,1-3H3. The second-order valence-corrected chi connectivity index (χ2v) is 5.43. The zero-order valence-electron chi connectivity index (χ0n) is 8.22. The topological polar surface area (TPSA) is 18.5 Å². The highest BCUT2D eigenvalue weighted by molar-refractivity contribution is 14.2. The van der Waals surface area contributed by atoms with E-state index in [0.29, 0.717) is 24.7 Å². The number of halogens is 1. The fourth-order valence-corrected chi connectivity index (χ4v) is 1.60. The third-order valence-electron chi connectivity index (χ3n) is 1.91. The monoisotopic (exact) mass is 334 g/mol. The van der Waals surface area contributed by atoms with Gasteiger partial charge in [-0.15, -0.1) is 0 Å². The van der Waals surface area contributed by atoms with Crippen molar-refractivity contribution in [3.05, 3.63) is 0 Å². The third-order valence-corrected chi connectivity index (χ3v) is 3.83. The Balaban J connectivity index is 3.62. The Hall–Kier alpha value is 1.01. The molecule has 0 aromatic heterocycles. The molecule has 0 aliphatic carbocycles. The first-order valence-corrected chi connectivity index (χ1v) is 8.62. The van der Waals surface area contributed by atoms with Crippen molar-refractivity contribution in [3.8, 4) is 0 Å². The summed E-state index contributed by atoms with van der Waals surface area (Å²) in [5, 5.41) is 0.690. The summed E-state index contributed by atoms with van der Waals surface area (Å²) < 4.78 is 10.6. The van der Waals surface area contributed by atoms with Crippen LogP contribution in [0.4, 0.5) is 0 Å². The highest BCUT2D eigenvalue weighted by Crippen LogP contribution is 2.24. The van der Waals surface area contributed by atoms with Crippen LogP contribution in [0.15, 0.2) is 0 Å². The number of hydrogen-bond acceptors (Lipinski definition) is 3. The Morgan fingerprint density at radius 3 is 2.54 bits per heavy atom. The molecule has 0 saturated heterocycles. The van der Waals surface area contributed by atoms with E-state index in [0.717, 1.165) is 6.42 Å². The molecule has 0 radical (unpaired) electrons. The lowest BCUT2D eigenvalue weighted by molar-refractivity contribution is 0.208. The van der Waals surface area contributed by atoms with Crippen molar-refractivity contribution in [1.29, 1.82) is 0 Å². The van der Waals surface area contributed by atoms with Crippen molar-refractivity contribution >= 4 is 45.8 Å². The summed E-state index contributed by atoms with van der Waals surface area (Å²) in [6.07, 6.45) is 1.00. The summed E-state index contributed by atoms with van der Waals surface area (Å²) in [6.45, 7) is 7.99. The molecule has 0 N–H and O–H groups in total. The lowest BCUT2D eigenvalue weighted by Gasteiger charge is -2.23. The van der Waals surface area contributed by atoms with E-state index in [1.807, 2.05) is 0 Å².